The molecule has 3 aromatic carbocycles. The molecule has 0 aliphatic heterocycles. The van der Waals surface area contributed by atoms with E-state index in [4.69, 9.17) is 0 Å². The highest BCUT2D eigenvalue weighted by molar-refractivity contribution is 6.08. The molecule has 0 heterocycles. The van der Waals surface area contributed by atoms with E-state index < -0.39 is 0 Å². The van der Waals surface area contributed by atoms with Crippen LogP contribution in [-0.4, -0.2) is 11.8 Å². The highest BCUT2D eigenvalue weighted by atomic mass is 19.1. The lowest BCUT2D eigenvalue weighted by atomic mass is 10.1. The SMILES string of the molecule is CCc1ccccc1NC(=O)c1cccc(C(=O)Nc2ccc(F)cc2)c1. The summed E-state index contributed by atoms with van der Waals surface area (Å²) in [6.07, 6.45) is 0.802. The third-order valence-corrected chi connectivity index (χ3v) is 4.14. The minimum atomic E-state index is -0.376. The number of aryl methyl sites for hydroxylation is 1. The molecule has 2 N–H and O–H groups in total. The van der Waals surface area contributed by atoms with Gasteiger partial charge in [-0.05, 0) is 60.5 Å². The van der Waals surface area contributed by atoms with Crippen molar-refractivity contribution in [2.45, 2.75) is 13.3 Å². The van der Waals surface area contributed by atoms with Crippen LogP contribution >= 0.6 is 0 Å². The van der Waals surface area contributed by atoms with E-state index in [-0.39, 0.29) is 17.6 Å². The van der Waals surface area contributed by atoms with Crippen molar-refractivity contribution >= 4 is 23.2 Å². The minimum Gasteiger partial charge on any atom is -0.322 e. The van der Waals surface area contributed by atoms with Crippen molar-refractivity contribution in [1.82, 2.24) is 0 Å². The number of carbonyl (C=O) groups is 2. The number of carbonyl (C=O) groups excluding carboxylic acids is 2. The van der Waals surface area contributed by atoms with Crippen LogP contribution in [-0.2, 0) is 6.42 Å². The second-order valence-corrected chi connectivity index (χ2v) is 6.01. The molecule has 0 spiro atoms. The van der Waals surface area contributed by atoms with Crippen LogP contribution in [0.15, 0.2) is 72.8 Å². The zero-order valence-corrected chi connectivity index (χ0v) is 14.8. The first-order valence-corrected chi connectivity index (χ1v) is 8.63. The van der Waals surface area contributed by atoms with Crippen molar-refractivity contribution in [2.75, 3.05) is 10.6 Å². The van der Waals surface area contributed by atoms with Crippen molar-refractivity contribution in [2.24, 2.45) is 0 Å². The van der Waals surface area contributed by atoms with E-state index in [1.165, 1.54) is 30.3 Å². The molecule has 3 rings (SSSR count). The normalized spacial score (nSPS) is 10.3. The van der Waals surface area contributed by atoms with Crippen LogP contribution in [0.25, 0.3) is 0 Å². The molecule has 0 atom stereocenters. The molecule has 27 heavy (non-hydrogen) atoms. The Balaban J connectivity index is 1.75. The second kappa shape index (κ2) is 8.27. The van der Waals surface area contributed by atoms with Crippen molar-refractivity contribution in [3.8, 4) is 0 Å². The quantitative estimate of drug-likeness (QED) is 0.679. The van der Waals surface area contributed by atoms with E-state index in [1.807, 2.05) is 31.2 Å². The predicted molar refractivity (Wildman–Crippen MR) is 105 cm³/mol. The Morgan fingerprint density at radius 1 is 0.815 bits per heavy atom. The highest BCUT2D eigenvalue weighted by Crippen LogP contribution is 2.17. The molecule has 136 valence electrons. The van der Waals surface area contributed by atoms with Crippen molar-refractivity contribution in [3.05, 3.63) is 95.3 Å². The number of nitrogens with one attached hydrogen (secondary N) is 2. The Labute approximate surface area is 157 Å². The number of para-hydroxylation sites is 1. The van der Waals surface area contributed by atoms with Gasteiger partial charge in [-0.25, -0.2) is 4.39 Å². The van der Waals surface area contributed by atoms with Crippen LogP contribution in [0.2, 0.25) is 0 Å². The smallest absolute Gasteiger partial charge is 0.255 e. The predicted octanol–water partition coefficient (Wildman–Crippen LogP) is 4.89. The maximum atomic E-state index is 13.0. The minimum absolute atomic E-state index is 0.285. The number of amides is 2. The molecule has 0 unspecified atom stereocenters. The number of hydrogen-bond donors (Lipinski definition) is 2. The second-order valence-electron chi connectivity index (χ2n) is 6.01. The fourth-order valence-electron chi connectivity index (χ4n) is 2.68. The summed E-state index contributed by atoms with van der Waals surface area (Å²) < 4.78 is 13.0. The summed E-state index contributed by atoms with van der Waals surface area (Å²) in [7, 11) is 0. The van der Waals surface area contributed by atoms with Crippen LogP contribution < -0.4 is 10.6 Å². The van der Waals surface area contributed by atoms with Crippen molar-refractivity contribution in [1.29, 1.82) is 0 Å². The average Bonchev–Trinajstić information content (AvgIpc) is 2.70. The van der Waals surface area contributed by atoms with Gasteiger partial charge in [0.1, 0.15) is 5.82 Å². The number of benzene rings is 3. The van der Waals surface area contributed by atoms with E-state index in [0.717, 1.165) is 17.7 Å². The van der Waals surface area contributed by atoms with E-state index in [9.17, 15) is 14.0 Å². The molecule has 0 aliphatic carbocycles. The summed E-state index contributed by atoms with van der Waals surface area (Å²) in [5.41, 5.74) is 3.00. The summed E-state index contributed by atoms with van der Waals surface area (Å²) in [5, 5.41) is 5.57. The molecule has 0 fully saturated rings. The van der Waals surface area contributed by atoms with Crippen molar-refractivity contribution < 1.29 is 14.0 Å². The average molecular weight is 362 g/mol. The molecule has 3 aromatic rings. The first-order chi connectivity index (χ1) is 13.1. The first kappa shape index (κ1) is 18.3. The van der Waals surface area contributed by atoms with Crippen LogP contribution in [0.1, 0.15) is 33.2 Å². The topological polar surface area (TPSA) is 58.2 Å². The maximum Gasteiger partial charge on any atom is 0.255 e. The Bertz CT molecular complexity index is 968. The molecule has 0 saturated carbocycles. The standard InChI is InChI=1S/C22H19FN2O2/c1-2-15-6-3-4-9-20(15)25-22(27)17-8-5-7-16(14-17)21(26)24-19-12-10-18(23)11-13-19/h3-14H,2H2,1H3,(H,24,26)(H,25,27). The largest absolute Gasteiger partial charge is 0.322 e. The van der Waals surface area contributed by atoms with Gasteiger partial charge < -0.3 is 10.6 Å². The lowest BCUT2D eigenvalue weighted by Gasteiger charge is -2.10. The molecular weight excluding hydrogens is 343 g/mol. The van der Waals surface area contributed by atoms with E-state index in [2.05, 4.69) is 10.6 Å². The van der Waals surface area contributed by atoms with Gasteiger partial charge >= 0.3 is 0 Å². The summed E-state index contributed by atoms with van der Waals surface area (Å²) >= 11 is 0. The number of rotatable bonds is 5. The highest BCUT2D eigenvalue weighted by Gasteiger charge is 2.12. The monoisotopic (exact) mass is 362 g/mol. The molecular formula is C22H19FN2O2. The molecule has 0 bridgehead atoms. The van der Waals surface area contributed by atoms with Crippen LogP contribution in [0.4, 0.5) is 15.8 Å². The zero-order chi connectivity index (χ0) is 19.2. The molecule has 0 saturated heterocycles. The van der Waals surface area contributed by atoms with Crippen molar-refractivity contribution in [3.63, 3.8) is 0 Å². The Kier molecular flexibility index (Phi) is 5.61. The molecule has 5 heteroatoms. The van der Waals surface area contributed by atoms with Crippen LogP contribution in [0, 0.1) is 5.82 Å². The molecule has 2 amide bonds. The fourth-order valence-corrected chi connectivity index (χ4v) is 2.68. The maximum absolute atomic E-state index is 13.0. The van der Waals surface area contributed by atoms with Crippen LogP contribution in [0.3, 0.4) is 0 Å². The summed E-state index contributed by atoms with van der Waals surface area (Å²) in [4.78, 5) is 25.0. The van der Waals surface area contributed by atoms with Gasteiger partial charge in [0, 0.05) is 22.5 Å². The summed E-state index contributed by atoms with van der Waals surface area (Å²) in [6, 6.07) is 19.5. The summed E-state index contributed by atoms with van der Waals surface area (Å²) in [6.45, 7) is 2.02. The molecule has 0 aliphatic rings. The van der Waals surface area contributed by atoms with Gasteiger partial charge in [-0.15, -0.1) is 0 Å². The Morgan fingerprint density at radius 3 is 2.11 bits per heavy atom. The summed E-state index contributed by atoms with van der Waals surface area (Å²) in [5.74, 6) is -1.03. The van der Waals surface area contributed by atoms with Gasteiger partial charge in [-0.2, -0.15) is 0 Å². The Morgan fingerprint density at radius 2 is 1.44 bits per heavy atom. The van der Waals surface area contributed by atoms with Crippen LogP contribution in [0.5, 0.6) is 0 Å². The molecule has 0 aromatic heterocycles. The lowest BCUT2D eigenvalue weighted by Crippen LogP contribution is -2.16. The lowest BCUT2D eigenvalue weighted by molar-refractivity contribution is 0.102. The first-order valence-electron chi connectivity index (χ1n) is 8.63. The van der Waals surface area contributed by atoms with Gasteiger partial charge in [0.2, 0.25) is 0 Å². The van der Waals surface area contributed by atoms with Gasteiger partial charge in [-0.1, -0.05) is 31.2 Å². The fraction of sp³-hybridized carbons (Fsp3) is 0.0909. The third-order valence-electron chi connectivity index (χ3n) is 4.14. The molecule has 0 radical (unpaired) electrons. The van der Waals surface area contributed by atoms with E-state index in [1.54, 1.807) is 18.2 Å². The number of anilines is 2. The van der Waals surface area contributed by atoms with E-state index in [0.29, 0.717) is 16.8 Å². The van der Waals surface area contributed by atoms with Gasteiger partial charge in [0.15, 0.2) is 0 Å². The van der Waals surface area contributed by atoms with Gasteiger partial charge in [0.05, 0.1) is 0 Å². The molecule has 4 nitrogen and oxygen atoms in total. The van der Waals surface area contributed by atoms with Gasteiger partial charge in [-0.3, -0.25) is 9.59 Å². The number of halogens is 1. The third kappa shape index (κ3) is 4.58. The van der Waals surface area contributed by atoms with E-state index >= 15 is 0 Å². The number of hydrogen-bond acceptors (Lipinski definition) is 2. The van der Waals surface area contributed by atoms with Gasteiger partial charge in [0.25, 0.3) is 11.8 Å². The Hall–Kier alpha value is -3.47. The zero-order valence-electron chi connectivity index (χ0n) is 14.8.